The van der Waals surface area contributed by atoms with Crippen LogP contribution in [0.15, 0.2) is 30.3 Å². The van der Waals surface area contributed by atoms with Gasteiger partial charge in [-0.15, -0.1) is 11.6 Å². The van der Waals surface area contributed by atoms with E-state index in [9.17, 15) is 4.79 Å². The highest BCUT2D eigenvalue weighted by Gasteiger charge is 2.01. The van der Waals surface area contributed by atoms with Gasteiger partial charge in [-0.25, -0.2) is 0 Å². The molecule has 0 spiro atoms. The minimum atomic E-state index is -0.0394. The molecule has 1 aromatic carbocycles. The van der Waals surface area contributed by atoms with Crippen LogP contribution in [0.3, 0.4) is 0 Å². The highest BCUT2D eigenvalue weighted by molar-refractivity contribution is 6.30. The van der Waals surface area contributed by atoms with Crippen molar-refractivity contribution >= 4 is 23.5 Å². The molecule has 1 rings (SSSR count). The molecule has 0 bridgehead atoms. The minimum Gasteiger partial charge on any atom is -0.316 e. The molecule has 2 nitrogen and oxygen atoms in total. The number of benzene rings is 1. The highest BCUT2D eigenvalue weighted by Crippen LogP contribution is 2.07. The van der Waals surface area contributed by atoms with E-state index in [1.54, 1.807) is 12.1 Å². The third-order valence-electron chi connectivity index (χ3n) is 1.99. The second-order valence-corrected chi connectivity index (χ2v) is 3.41. The second kappa shape index (κ2) is 6.38. The molecule has 0 saturated heterocycles. The van der Waals surface area contributed by atoms with Crippen molar-refractivity contribution in [2.75, 3.05) is 19.5 Å². The fraction of sp³-hybridized carbons (Fsp3) is 0.250. The van der Waals surface area contributed by atoms with E-state index < -0.39 is 0 Å². The van der Waals surface area contributed by atoms with Crippen LogP contribution in [0.4, 0.5) is 0 Å². The summed E-state index contributed by atoms with van der Waals surface area (Å²) in [6, 6.07) is 7.41. The van der Waals surface area contributed by atoms with Gasteiger partial charge >= 0.3 is 0 Å². The molecule has 0 atom stereocenters. The van der Waals surface area contributed by atoms with Crippen LogP contribution in [0.2, 0.25) is 0 Å². The molecule has 0 unspecified atom stereocenters. The van der Waals surface area contributed by atoms with Gasteiger partial charge in [0.15, 0.2) is 5.78 Å². The van der Waals surface area contributed by atoms with Crippen LogP contribution in [0.25, 0.3) is 6.08 Å². The molecule has 0 aliphatic heterocycles. The lowest BCUT2D eigenvalue weighted by Crippen LogP contribution is -2.03. The Morgan fingerprint density at radius 2 is 2.07 bits per heavy atom. The van der Waals surface area contributed by atoms with Gasteiger partial charge in [0, 0.05) is 12.1 Å². The van der Waals surface area contributed by atoms with E-state index in [-0.39, 0.29) is 11.7 Å². The fourth-order valence-electron chi connectivity index (χ4n) is 1.17. The number of alkyl halides is 1. The molecular weight excluding hydrogens is 210 g/mol. The van der Waals surface area contributed by atoms with Crippen molar-refractivity contribution in [2.45, 2.75) is 0 Å². The summed E-state index contributed by atoms with van der Waals surface area (Å²) >= 11 is 5.46. The van der Waals surface area contributed by atoms with Gasteiger partial charge in [-0.05, 0) is 12.6 Å². The second-order valence-electron chi connectivity index (χ2n) is 3.14. The molecule has 0 radical (unpaired) electrons. The third kappa shape index (κ3) is 3.86. The van der Waals surface area contributed by atoms with Crippen molar-refractivity contribution in [3.05, 3.63) is 41.5 Å². The number of Topliss-reactive ketones (excluding diaryl/α,β-unsaturated/α-hetero) is 1. The number of carbonyl (C=O) groups excluding carboxylic acids is 1. The Morgan fingerprint density at radius 1 is 1.40 bits per heavy atom. The topological polar surface area (TPSA) is 29.1 Å². The maximum absolute atomic E-state index is 11.2. The Morgan fingerprint density at radius 3 is 2.60 bits per heavy atom. The first-order valence-electron chi connectivity index (χ1n) is 4.78. The molecule has 0 aliphatic carbocycles. The number of carbonyl (C=O) groups is 1. The molecular formula is C12H14ClNO. The van der Waals surface area contributed by atoms with Gasteiger partial charge in [0.2, 0.25) is 0 Å². The van der Waals surface area contributed by atoms with E-state index in [1.807, 2.05) is 31.3 Å². The first kappa shape index (κ1) is 12.0. The number of hydrogen-bond acceptors (Lipinski definition) is 2. The largest absolute Gasteiger partial charge is 0.316 e. The summed E-state index contributed by atoms with van der Waals surface area (Å²) in [6.45, 7) is 0.836. The zero-order valence-electron chi connectivity index (χ0n) is 8.66. The van der Waals surface area contributed by atoms with Gasteiger partial charge in [-0.1, -0.05) is 36.4 Å². The van der Waals surface area contributed by atoms with Crippen molar-refractivity contribution in [2.24, 2.45) is 0 Å². The molecule has 1 aromatic rings. The maximum Gasteiger partial charge on any atom is 0.177 e. The molecule has 0 fully saturated rings. The summed E-state index contributed by atoms with van der Waals surface area (Å²) in [7, 11) is 1.90. The summed E-state index contributed by atoms with van der Waals surface area (Å²) in [5.41, 5.74) is 1.74. The normalized spacial score (nSPS) is 10.8. The fourth-order valence-corrected chi connectivity index (χ4v) is 1.32. The summed E-state index contributed by atoms with van der Waals surface area (Å²) in [6.07, 6.45) is 4.03. The van der Waals surface area contributed by atoms with E-state index in [2.05, 4.69) is 5.32 Å². The molecule has 3 heteroatoms. The van der Waals surface area contributed by atoms with Crippen molar-refractivity contribution < 1.29 is 4.79 Å². The number of nitrogens with one attached hydrogen (secondary N) is 1. The molecule has 0 amide bonds. The van der Waals surface area contributed by atoms with Crippen LogP contribution in [0.1, 0.15) is 15.9 Å². The van der Waals surface area contributed by atoms with Crippen LogP contribution in [0.5, 0.6) is 0 Å². The van der Waals surface area contributed by atoms with Gasteiger partial charge in [-0.3, -0.25) is 4.79 Å². The molecule has 1 N–H and O–H groups in total. The SMILES string of the molecule is CNCC=Cc1ccc(C(=O)CCl)cc1. The summed E-state index contributed by atoms with van der Waals surface area (Å²) in [5.74, 6) is -0.00278. The van der Waals surface area contributed by atoms with Gasteiger partial charge < -0.3 is 5.32 Å². The lowest BCUT2D eigenvalue weighted by Gasteiger charge is -1.98. The van der Waals surface area contributed by atoms with Crippen molar-refractivity contribution in [1.29, 1.82) is 0 Å². The van der Waals surface area contributed by atoms with Crippen LogP contribution in [-0.4, -0.2) is 25.3 Å². The number of halogens is 1. The first-order chi connectivity index (χ1) is 7.27. The molecule has 0 aliphatic rings. The highest BCUT2D eigenvalue weighted by atomic mass is 35.5. The van der Waals surface area contributed by atoms with Crippen molar-refractivity contribution in [3.8, 4) is 0 Å². The van der Waals surface area contributed by atoms with Gasteiger partial charge in [0.1, 0.15) is 0 Å². The van der Waals surface area contributed by atoms with Gasteiger partial charge in [0.25, 0.3) is 0 Å². The van der Waals surface area contributed by atoms with E-state index in [0.29, 0.717) is 5.56 Å². The smallest absolute Gasteiger partial charge is 0.177 e. The summed E-state index contributed by atoms with van der Waals surface area (Å²) in [5, 5.41) is 3.02. The van der Waals surface area contributed by atoms with Crippen LogP contribution in [-0.2, 0) is 0 Å². The van der Waals surface area contributed by atoms with Gasteiger partial charge in [0.05, 0.1) is 5.88 Å². The summed E-state index contributed by atoms with van der Waals surface area (Å²) in [4.78, 5) is 11.2. The van der Waals surface area contributed by atoms with Crippen LogP contribution >= 0.6 is 11.6 Å². The zero-order chi connectivity index (χ0) is 11.1. The van der Waals surface area contributed by atoms with E-state index in [1.165, 1.54) is 0 Å². The van der Waals surface area contributed by atoms with E-state index >= 15 is 0 Å². The number of rotatable bonds is 5. The van der Waals surface area contributed by atoms with E-state index in [0.717, 1.165) is 12.1 Å². The standard InChI is InChI=1S/C12H14ClNO/c1-14-8-2-3-10-4-6-11(7-5-10)12(15)9-13/h2-7,14H,8-9H2,1H3. The Hall–Kier alpha value is -1.12. The average molecular weight is 224 g/mol. The molecule has 80 valence electrons. The van der Waals surface area contributed by atoms with Gasteiger partial charge in [-0.2, -0.15) is 0 Å². The van der Waals surface area contributed by atoms with Crippen LogP contribution < -0.4 is 5.32 Å². The van der Waals surface area contributed by atoms with E-state index in [4.69, 9.17) is 11.6 Å². The number of ketones is 1. The number of likely N-dealkylation sites (N-methyl/N-ethyl adjacent to an activating group) is 1. The molecule has 15 heavy (non-hydrogen) atoms. The monoisotopic (exact) mass is 223 g/mol. The molecule has 0 heterocycles. The summed E-state index contributed by atoms with van der Waals surface area (Å²) < 4.78 is 0. The Labute approximate surface area is 94.9 Å². The Bertz CT molecular complexity index is 343. The van der Waals surface area contributed by atoms with Crippen molar-refractivity contribution in [3.63, 3.8) is 0 Å². The predicted molar refractivity (Wildman–Crippen MR) is 64.5 cm³/mol. The lowest BCUT2D eigenvalue weighted by molar-refractivity contribution is 0.102. The minimum absolute atomic E-state index is 0.0366. The lowest BCUT2D eigenvalue weighted by atomic mass is 10.1. The third-order valence-corrected chi connectivity index (χ3v) is 2.23. The van der Waals surface area contributed by atoms with Crippen molar-refractivity contribution in [1.82, 2.24) is 5.32 Å². The number of hydrogen-bond donors (Lipinski definition) is 1. The van der Waals surface area contributed by atoms with Crippen LogP contribution in [0, 0.1) is 0 Å². The predicted octanol–water partition coefficient (Wildman–Crippen LogP) is 2.34. The molecule has 0 saturated carbocycles. The molecule has 0 aromatic heterocycles. The average Bonchev–Trinajstić information content (AvgIpc) is 2.29. The Balaban J connectivity index is 2.68. The quantitative estimate of drug-likeness (QED) is 0.613. The zero-order valence-corrected chi connectivity index (χ0v) is 9.42. The Kier molecular flexibility index (Phi) is 5.08. The maximum atomic E-state index is 11.2. The first-order valence-corrected chi connectivity index (χ1v) is 5.31.